The van der Waals surface area contributed by atoms with Crippen LogP contribution >= 0.6 is 0 Å². The van der Waals surface area contributed by atoms with Crippen molar-refractivity contribution in [3.05, 3.63) is 48.1 Å². The number of phenols is 1. The van der Waals surface area contributed by atoms with E-state index in [1.165, 1.54) is 49.7 Å². The Hall–Kier alpha value is -1.50. The van der Waals surface area contributed by atoms with Crippen LogP contribution in [0.2, 0.25) is 0 Å². The van der Waals surface area contributed by atoms with Crippen LogP contribution < -0.4 is 0 Å². The second-order valence-corrected chi connectivity index (χ2v) is 7.88. The summed E-state index contributed by atoms with van der Waals surface area (Å²) < 4.78 is 0. The summed E-state index contributed by atoms with van der Waals surface area (Å²) in [5.41, 5.74) is 3.81. The summed E-state index contributed by atoms with van der Waals surface area (Å²) in [4.78, 5) is 0. The molecule has 1 aromatic rings. The zero-order chi connectivity index (χ0) is 15.3. The number of phenolic OH excluding ortho intramolecular Hbond substituents is 1. The van der Waals surface area contributed by atoms with Crippen LogP contribution in [-0.4, -0.2) is 5.11 Å². The van der Waals surface area contributed by atoms with Crippen LogP contribution in [0.3, 0.4) is 0 Å². The number of aromatic hydroxyl groups is 1. The minimum Gasteiger partial charge on any atom is -0.508 e. The Bertz CT molecular complexity index is 602. The molecule has 4 aliphatic carbocycles. The van der Waals surface area contributed by atoms with Crippen LogP contribution in [0.4, 0.5) is 0 Å². The van der Waals surface area contributed by atoms with Gasteiger partial charge in [-0.15, -0.1) is 0 Å². The fraction of sp³-hybridized carbons (Fsp3) is 0.524. The molecular formula is C21H26O. The molecule has 1 aromatic carbocycles. The first-order chi connectivity index (χ1) is 10.6. The van der Waals surface area contributed by atoms with Gasteiger partial charge in [-0.1, -0.05) is 24.8 Å². The molecule has 1 N–H and O–H groups in total. The van der Waals surface area contributed by atoms with E-state index in [0.29, 0.717) is 5.75 Å². The van der Waals surface area contributed by atoms with E-state index < -0.39 is 0 Å². The summed E-state index contributed by atoms with van der Waals surface area (Å²) in [6.07, 6.45) is 12.2. The lowest BCUT2D eigenvalue weighted by atomic mass is 9.48. The minimum absolute atomic E-state index is 0.245. The van der Waals surface area contributed by atoms with E-state index in [4.69, 9.17) is 0 Å². The molecule has 0 aliphatic heterocycles. The number of hydrogen-bond donors (Lipinski definition) is 1. The molecule has 0 saturated heterocycles. The van der Waals surface area contributed by atoms with Gasteiger partial charge >= 0.3 is 0 Å². The average Bonchev–Trinajstić information content (AvgIpc) is 2.48. The van der Waals surface area contributed by atoms with Gasteiger partial charge in [0.1, 0.15) is 5.75 Å². The Kier molecular flexibility index (Phi) is 3.21. The van der Waals surface area contributed by atoms with Crippen molar-refractivity contribution in [3.8, 4) is 5.75 Å². The molecule has 0 unspecified atom stereocenters. The lowest BCUT2D eigenvalue weighted by Gasteiger charge is -2.57. The number of allylic oxidation sites excluding steroid dienone is 3. The van der Waals surface area contributed by atoms with Gasteiger partial charge in [-0.2, -0.15) is 0 Å². The van der Waals surface area contributed by atoms with Crippen molar-refractivity contribution < 1.29 is 5.11 Å². The van der Waals surface area contributed by atoms with E-state index in [2.05, 4.69) is 18.7 Å². The second kappa shape index (κ2) is 5.01. The maximum Gasteiger partial charge on any atom is 0.119 e. The second-order valence-electron chi connectivity index (χ2n) is 7.88. The molecule has 4 bridgehead atoms. The molecule has 4 saturated carbocycles. The zero-order valence-corrected chi connectivity index (χ0v) is 13.5. The molecule has 0 heterocycles. The Labute approximate surface area is 133 Å². The van der Waals surface area contributed by atoms with Gasteiger partial charge in [0.15, 0.2) is 0 Å². The SMILES string of the molecule is C=CC(=CC)c1ccc(O)c(C23CC4CC(CC(C4)C2)C3)c1. The fourth-order valence-corrected chi connectivity index (χ4v) is 5.98. The van der Waals surface area contributed by atoms with Gasteiger partial charge in [0.2, 0.25) is 0 Å². The van der Waals surface area contributed by atoms with Crippen molar-refractivity contribution in [2.75, 3.05) is 0 Å². The number of rotatable bonds is 3. The lowest BCUT2D eigenvalue weighted by molar-refractivity contribution is -0.00614. The standard InChI is InChI=1S/C21H26O/c1-3-17(4-2)18-5-6-20(22)19(10-18)21-11-14-7-15(12-21)9-16(8-14)13-21/h3-6,10,14-16,22H,1,7-9,11-13H2,2H3. The topological polar surface area (TPSA) is 20.2 Å². The highest BCUT2D eigenvalue weighted by Gasteiger charge is 2.52. The quantitative estimate of drug-likeness (QED) is 0.735. The van der Waals surface area contributed by atoms with Crippen LogP contribution in [0, 0.1) is 17.8 Å². The largest absolute Gasteiger partial charge is 0.508 e. The predicted octanol–water partition coefficient (Wildman–Crippen LogP) is 5.45. The van der Waals surface area contributed by atoms with Crippen LogP contribution in [0.1, 0.15) is 56.6 Å². The van der Waals surface area contributed by atoms with Gasteiger partial charge < -0.3 is 5.11 Å². The summed E-state index contributed by atoms with van der Waals surface area (Å²) in [6, 6.07) is 6.17. The predicted molar refractivity (Wildman–Crippen MR) is 91.8 cm³/mol. The molecular weight excluding hydrogens is 268 g/mol. The molecule has 0 amide bonds. The summed E-state index contributed by atoms with van der Waals surface area (Å²) in [6.45, 7) is 5.97. The molecule has 0 radical (unpaired) electrons. The molecule has 4 aliphatic rings. The van der Waals surface area contributed by atoms with Crippen molar-refractivity contribution >= 4 is 5.57 Å². The van der Waals surface area contributed by atoms with Crippen molar-refractivity contribution in [2.24, 2.45) is 17.8 Å². The summed E-state index contributed by atoms with van der Waals surface area (Å²) in [5.74, 6) is 3.20. The molecule has 0 atom stereocenters. The summed E-state index contributed by atoms with van der Waals surface area (Å²) in [7, 11) is 0. The smallest absolute Gasteiger partial charge is 0.119 e. The Balaban J connectivity index is 1.79. The van der Waals surface area contributed by atoms with Crippen LogP contribution in [0.5, 0.6) is 5.75 Å². The molecule has 5 rings (SSSR count). The van der Waals surface area contributed by atoms with E-state index in [0.717, 1.165) is 23.3 Å². The normalized spacial score (nSPS) is 36.6. The van der Waals surface area contributed by atoms with Gasteiger partial charge in [-0.25, -0.2) is 0 Å². The van der Waals surface area contributed by atoms with Crippen molar-refractivity contribution in [1.29, 1.82) is 0 Å². The van der Waals surface area contributed by atoms with E-state index in [1.807, 2.05) is 25.1 Å². The minimum atomic E-state index is 0.245. The van der Waals surface area contributed by atoms with E-state index in [9.17, 15) is 5.11 Å². The third-order valence-corrected chi connectivity index (χ3v) is 6.47. The molecule has 0 spiro atoms. The summed E-state index contributed by atoms with van der Waals surface area (Å²) >= 11 is 0. The number of hydrogen-bond acceptors (Lipinski definition) is 1. The molecule has 1 nitrogen and oxygen atoms in total. The first kappa shape index (κ1) is 14.1. The Morgan fingerprint density at radius 2 is 1.73 bits per heavy atom. The Morgan fingerprint density at radius 1 is 1.14 bits per heavy atom. The van der Waals surface area contributed by atoms with Crippen molar-refractivity contribution in [3.63, 3.8) is 0 Å². The zero-order valence-electron chi connectivity index (χ0n) is 13.5. The third kappa shape index (κ3) is 2.06. The average molecular weight is 294 g/mol. The molecule has 1 heteroatoms. The molecule has 0 aromatic heterocycles. The Morgan fingerprint density at radius 3 is 2.23 bits per heavy atom. The van der Waals surface area contributed by atoms with Crippen LogP contribution in [0.15, 0.2) is 36.9 Å². The van der Waals surface area contributed by atoms with E-state index >= 15 is 0 Å². The lowest BCUT2D eigenvalue weighted by Crippen LogP contribution is -2.48. The van der Waals surface area contributed by atoms with Gasteiger partial charge in [0.05, 0.1) is 0 Å². The van der Waals surface area contributed by atoms with Crippen molar-refractivity contribution in [1.82, 2.24) is 0 Å². The highest BCUT2D eigenvalue weighted by molar-refractivity contribution is 5.74. The fourth-order valence-electron chi connectivity index (χ4n) is 5.98. The summed E-state index contributed by atoms with van der Waals surface area (Å²) in [5, 5.41) is 10.6. The van der Waals surface area contributed by atoms with Gasteiger partial charge in [-0.3, -0.25) is 0 Å². The van der Waals surface area contributed by atoms with Crippen molar-refractivity contribution in [2.45, 2.75) is 50.9 Å². The molecule has 116 valence electrons. The first-order valence-electron chi connectivity index (χ1n) is 8.76. The van der Waals surface area contributed by atoms with Gasteiger partial charge in [0.25, 0.3) is 0 Å². The van der Waals surface area contributed by atoms with E-state index in [1.54, 1.807) is 0 Å². The molecule has 4 fully saturated rings. The highest BCUT2D eigenvalue weighted by atomic mass is 16.3. The van der Waals surface area contributed by atoms with Crippen LogP contribution in [-0.2, 0) is 5.41 Å². The first-order valence-corrected chi connectivity index (χ1v) is 8.76. The maximum absolute atomic E-state index is 10.6. The van der Waals surface area contributed by atoms with Gasteiger partial charge in [0, 0.05) is 5.56 Å². The number of benzene rings is 1. The third-order valence-electron chi connectivity index (χ3n) is 6.47. The molecule has 22 heavy (non-hydrogen) atoms. The van der Waals surface area contributed by atoms with Gasteiger partial charge in [-0.05, 0) is 91.9 Å². The van der Waals surface area contributed by atoms with E-state index in [-0.39, 0.29) is 5.41 Å². The van der Waals surface area contributed by atoms with Crippen LogP contribution in [0.25, 0.3) is 5.57 Å². The monoisotopic (exact) mass is 294 g/mol. The maximum atomic E-state index is 10.6. The highest BCUT2D eigenvalue weighted by Crippen LogP contribution is 2.61.